The summed E-state index contributed by atoms with van der Waals surface area (Å²) >= 11 is 5.93. The summed E-state index contributed by atoms with van der Waals surface area (Å²) in [6, 6.07) is 6.16. The summed E-state index contributed by atoms with van der Waals surface area (Å²) in [6.07, 6.45) is 1.80. The highest BCUT2D eigenvalue weighted by Gasteiger charge is 2.18. The zero-order chi connectivity index (χ0) is 13.4. The minimum atomic E-state index is 0.213. The fourth-order valence-corrected chi connectivity index (χ4v) is 2.35. The lowest BCUT2D eigenvalue weighted by atomic mass is 10.1. The van der Waals surface area contributed by atoms with Gasteiger partial charge in [-0.05, 0) is 30.5 Å². The van der Waals surface area contributed by atoms with E-state index in [4.69, 9.17) is 21.1 Å². The molecule has 1 aromatic heterocycles. The van der Waals surface area contributed by atoms with Gasteiger partial charge < -0.3 is 14.4 Å². The molecule has 100 valence electrons. The lowest BCUT2D eigenvalue weighted by molar-refractivity contribution is 0.174. The number of aromatic nitrogens is 1. The van der Waals surface area contributed by atoms with Crippen molar-refractivity contribution >= 4 is 28.2 Å². The van der Waals surface area contributed by atoms with Crippen molar-refractivity contribution in [3.8, 4) is 11.5 Å². The summed E-state index contributed by atoms with van der Waals surface area (Å²) in [4.78, 5) is 6.55. The number of anilines is 1. The first kappa shape index (κ1) is 12.4. The van der Waals surface area contributed by atoms with Gasteiger partial charge in [-0.1, -0.05) is 0 Å². The number of ether oxygens (including phenoxy) is 2. The second kappa shape index (κ2) is 4.78. The molecule has 4 nitrogen and oxygen atoms in total. The van der Waals surface area contributed by atoms with Gasteiger partial charge in [0.1, 0.15) is 5.82 Å². The fraction of sp³-hybridized carbons (Fsp3) is 0.357. The van der Waals surface area contributed by atoms with Crippen LogP contribution in [0.25, 0.3) is 10.8 Å². The number of hydrogen-bond acceptors (Lipinski definition) is 4. The van der Waals surface area contributed by atoms with E-state index in [1.807, 2.05) is 25.2 Å². The van der Waals surface area contributed by atoms with Crippen LogP contribution in [-0.2, 0) is 0 Å². The number of rotatable bonds is 3. The van der Waals surface area contributed by atoms with Crippen molar-refractivity contribution in [3.63, 3.8) is 0 Å². The summed E-state index contributed by atoms with van der Waals surface area (Å²) in [6.45, 7) is 2.35. The van der Waals surface area contributed by atoms with Crippen LogP contribution in [0.5, 0.6) is 11.5 Å². The molecule has 1 atom stereocenters. The zero-order valence-corrected chi connectivity index (χ0v) is 11.6. The van der Waals surface area contributed by atoms with Gasteiger partial charge in [-0.2, -0.15) is 0 Å². The molecule has 0 radical (unpaired) electrons. The lowest BCUT2D eigenvalue weighted by Gasteiger charge is -2.25. The van der Waals surface area contributed by atoms with Crippen molar-refractivity contribution in [2.24, 2.45) is 0 Å². The lowest BCUT2D eigenvalue weighted by Crippen LogP contribution is -2.31. The molecule has 0 bridgehead atoms. The monoisotopic (exact) mass is 278 g/mol. The third-order valence-corrected chi connectivity index (χ3v) is 3.90. The molecule has 0 saturated carbocycles. The average Bonchev–Trinajstić information content (AvgIpc) is 2.89. The second-order valence-electron chi connectivity index (χ2n) is 4.68. The Labute approximate surface area is 116 Å². The molecule has 2 aromatic rings. The molecule has 1 aromatic carbocycles. The second-order valence-corrected chi connectivity index (χ2v) is 4.98. The van der Waals surface area contributed by atoms with E-state index >= 15 is 0 Å². The first-order valence-corrected chi connectivity index (χ1v) is 6.71. The third-order valence-electron chi connectivity index (χ3n) is 3.46. The summed E-state index contributed by atoms with van der Waals surface area (Å²) < 4.78 is 10.8. The van der Waals surface area contributed by atoms with Gasteiger partial charge in [0.2, 0.25) is 6.79 Å². The maximum absolute atomic E-state index is 5.93. The quantitative estimate of drug-likeness (QED) is 0.809. The van der Waals surface area contributed by atoms with Crippen LogP contribution in [0.2, 0.25) is 0 Å². The molecule has 3 rings (SSSR count). The largest absolute Gasteiger partial charge is 0.454 e. The molecule has 1 aliphatic rings. The molecule has 0 saturated heterocycles. The van der Waals surface area contributed by atoms with E-state index in [0.717, 1.165) is 28.1 Å². The number of halogens is 1. The smallest absolute Gasteiger partial charge is 0.231 e. The van der Waals surface area contributed by atoms with E-state index in [0.29, 0.717) is 5.88 Å². The van der Waals surface area contributed by atoms with Crippen molar-refractivity contribution in [1.29, 1.82) is 0 Å². The Hall–Kier alpha value is -1.68. The van der Waals surface area contributed by atoms with E-state index in [2.05, 4.69) is 16.8 Å². The van der Waals surface area contributed by atoms with Gasteiger partial charge in [0.05, 0.1) is 0 Å². The highest BCUT2D eigenvalue weighted by atomic mass is 35.5. The minimum Gasteiger partial charge on any atom is -0.454 e. The Morgan fingerprint density at radius 2 is 2.11 bits per heavy atom. The number of fused-ring (bicyclic) bond motifs is 2. The number of benzene rings is 1. The van der Waals surface area contributed by atoms with Crippen LogP contribution in [-0.4, -0.2) is 30.7 Å². The number of alkyl halides is 1. The van der Waals surface area contributed by atoms with Gasteiger partial charge in [-0.15, -0.1) is 11.6 Å². The molecule has 2 heterocycles. The molecular weight excluding hydrogens is 264 g/mol. The summed E-state index contributed by atoms with van der Waals surface area (Å²) in [5.74, 6) is 3.02. The van der Waals surface area contributed by atoms with E-state index in [1.54, 1.807) is 6.20 Å². The number of hydrogen-bond donors (Lipinski definition) is 0. The zero-order valence-electron chi connectivity index (χ0n) is 10.9. The third kappa shape index (κ3) is 2.06. The predicted molar refractivity (Wildman–Crippen MR) is 76.5 cm³/mol. The van der Waals surface area contributed by atoms with Crippen molar-refractivity contribution in [1.82, 2.24) is 4.98 Å². The van der Waals surface area contributed by atoms with Gasteiger partial charge >= 0.3 is 0 Å². The average molecular weight is 279 g/mol. The molecule has 1 aliphatic heterocycles. The molecule has 0 fully saturated rings. The Balaban J connectivity index is 2.15. The van der Waals surface area contributed by atoms with Crippen molar-refractivity contribution < 1.29 is 9.47 Å². The molecule has 0 amide bonds. The van der Waals surface area contributed by atoms with Crippen LogP contribution < -0.4 is 14.4 Å². The van der Waals surface area contributed by atoms with E-state index in [1.165, 1.54) is 0 Å². The van der Waals surface area contributed by atoms with Gasteiger partial charge in [-0.3, -0.25) is 0 Å². The molecule has 0 spiro atoms. The van der Waals surface area contributed by atoms with E-state index in [9.17, 15) is 0 Å². The molecule has 1 unspecified atom stereocenters. The highest BCUT2D eigenvalue weighted by Crippen LogP contribution is 2.38. The minimum absolute atomic E-state index is 0.213. The molecule has 5 heteroatoms. The SMILES string of the molecule is CC(CCl)N(C)c1nccc2cc3c(cc12)OCO3. The molecule has 0 aliphatic carbocycles. The van der Waals surface area contributed by atoms with Gasteiger partial charge in [0, 0.05) is 30.6 Å². The first-order valence-electron chi connectivity index (χ1n) is 6.18. The van der Waals surface area contributed by atoms with Crippen molar-refractivity contribution in [2.75, 3.05) is 24.6 Å². The van der Waals surface area contributed by atoms with Crippen LogP contribution >= 0.6 is 11.6 Å². The standard InChI is InChI=1S/C14H15ClN2O2/c1-9(7-15)17(2)14-11-6-13-12(18-8-19-13)5-10(11)3-4-16-14/h3-6,9H,7-8H2,1-2H3. The van der Waals surface area contributed by atoms with Crippen LogP contribution in [0.1, 0.15) is 6.92 Å². The van der Waals surface area contributed by atoms with Gasteiger partial charge in [-0.25, -0.2) is 4.98 Å². The van der Waals surface area contributed by atoms with Gasteiger partial charge in [0.15, 0.2) is 11.5 Å². The molecule has 0 N–H and O–H groups in total. The van der Waals surface area contributed by atoms with Crippen LogP contribution in [0, 0.1) is 0 Å². The highest BCUT2D eigenvalue weighted by molar-refractivity contribution is 6.18. The Bertz CT molecular complexity index is 618. The summed E-state index contributed by atoms with van der Waals surface area (Å²) in [5.41, 5.74) is 0. The van der Waals surface area contributed by atoms with E-state index < -0.39 is 0 Å². The summed E-state index contributed by atoms with van der Waals surface area (Å²) in [5, 5.41) is 2.13. The number of nitrogens with zero attached hydrogens (tertiary/aromatic N) is 2. The van der Waals surface area contributed by atoms with Crippen LogP contribution in [0.3, 0.4) is 0 Å². The van der Waals surface area contributed by atoms with Crippen LogP contribution in [0.4, 0.5) is 5.82 Å². The summed E-state index contributed by atoms with van der Waals surface area (Å²) in [7, 11) is 2.00. The molecular formula is C14H15ClN2O2. The number of pyridine rings is 1. The fourth-order valence-electron chi connectivity index (χ4n) is 2.14. The predicted octanol–water partition coefficient (Wildman–Crippen LogP) is 3.03. The van der Waals surface area contributed by atoms with Gasteiger partial charge in [0.25, 0.3) is 0 Å². The Morgan fingerprint density at radius 3 is 2.84 bits per heavy atom. The topological polar surface area (TPSA) is 34.6 Å². The van der Waals surface area contributed by atoms with E-state index in [-0.39, 0.29) is 12.8 Å². The molecule has 19 heavy (non-hydrogen) atoms. The van der Waals surface area contributed by atoms with Crippen LogP contribution in [0.15, 0.2) is 24.4 Å². The van der Waals surface area contributed by atoms with Crippen molar-refractivity contribution in [2.45, 2.75) is 13.0 Å². The first-order chi connectivity index (χ1) is 9.20. The maximum Gasteiger partial charge on any atom is 0.231 e. The normalized spacial score (nSPS) is 14.7. The van der Waals surface area contributed by atoms with Crippen molar-refractivity contribution in [3.05, 3.63) is 24.4 Å². The maximum atomic E-state index is 5.93. The Morgan fingerprint density at radius 1 is 1.37 bits per heavy atom. The Kier molecular flexibility index (Phi) is 3.11.